The van der Waals surface area contributed by atoms with Crippen LogP contribution in [0.3, 0.4) is 0 Å². The van der Waals surface area contributed by atoms with Crippen molar-refractivity contribution in [3.8, 4) is 0 Å². The monoisotopic (exact) mass is 405 g/mol. The highest BCUT2D eigenvalue weighted by atomic mass is 79.9. The summed E-state index contributed by atoms with van der Waals surface area (Å²) in [7, 11) is 3.57. The van der Waals surface area contributed by atoms with Gasteiger partial charge in [0.25, 0.3) is 5.56 Å². The number of anilines is 3. The minimum Gasteiger partial charge on any atom is -0.358 e. The van der Waals surface area contributed by atoms with Crippen LogP contribution in [0.2, 0.25) is 0 Å². The van der Waals surface area contributed by atoms with Crippen molar-refractivity contribution in [2.45, 2.75) is 0 Å². The molecule has 0 saturated heterocycles. The standard InChI is InChI=1S/C17H20BrN5O2/c1-4-16(24)19-8-9-22(2)15-7-5-6-14(21-15)20-13-10-12(18)11-23(3)17(13)25/h4-7,10-11H,1,8-9H2,2-3H3,(H,19,24)(H,20,21). The average molecular weight is 406 g/mol. The van der Waals surface area contributed by atoms with Crippen LogP contribution in [0.1, 0.15) is 0 Å². The lowest BCUT2D eigenvalue weighted by molar-refractivity contribution is -0.116. The van der Waals surface area contributed by atoms with Crippen molar-refractivity contribution in [3.05, 3.63) is 57.9 Å². The summed E-state index contributed by atoms with van der Waals surface area (Å²) in [6, 6.07) is 7.22. The highest BCUT2D eigenvalue weighted by Gasteiger charge is 2.07. The van der Waals surface area contributed by atoms with E-state index < -0.39 is 0 Å². The number of aryl methyl sites for hydroxylation is 1. The summed E-state index contributed by atoms with van der Waals surface area (Å²) in [5, 5.41) is 5.76. The molecule has 25 heavy (non-hydrogen) atoms. The molecule has 7 nitrogen and oxygen atoms in total. The number of nitrogens with one attached hydrogen (secondary N) is 2. The Bertz CT molecular complexity index is 834. The Morgan fingerprint density at radius 1 is 1.48 bits per heavy atom. The highest BCUT2D eigenvalue weighted by Crippen LogP contribution is 2.18. The first-order chi connectivity index (χ1) is 11.9. The third-order valence-electron chi connectivity index (χ3n) is 3.47. The van der Waals surface area contributed by atoms with Crippen molar-refractivity contribution < 1.29 is 4.79 Å². The first-order valence-electron chi connectivity index (χ1n) is 7.62. The maximum Gasteiger partial charge on any atom is 0.274 e. The van der Waals surface area contributed by atoms with Gasteiger partial charge in [-0.3, -0.25) is 9.59 Å². The first-order valence-corrected chi connectivity index (χ1v) is 8.41. The van der Waals surface area contributed by atoms with E-state index in [1.54, 1.807) is 25.4 Å². The maximum atomic E-state index is 12.2. The second-order valence-electron chi connectivity index (χ2n) is 5.41. The number of hydrogen-bond acceptors (Lipinski definition) is 5. The molecule has 0 aliphatic rings. The Balaban J connectivity index is 2.10. The molecule has 1 amide bonds. The van der Waals surface area contributed by atoms with Crippen LogP contribution < -0.4 is 21.1 Å². The average Bonchev–Trinajstić information content (AvgIpc) is 2.59. The molecule has 0 unspecified atom stereocenters. The van der Waals surface area contributed by atoms with Crippen molar-refractivity contribution in [1.82, 2.24) is 14.9 Å². The van der Waals surface area contributed by atoms with Crippen LogP contribution >= 0.6 is 15.9 Å². The number of nitrogens with zero attached hydrogens (tertiary/aromatic N) is 3. The number of halogens is 1. The van der Waals surface area contributed by atoms with Gasteiger partial charge in [0.15, 0.2) is 0 Å². The normalized spacial score (nSPS) is 10.2. The van der Waals surface area contributed by atoms with Crippen LogP contribution in [0.25, 0.3) is 0 Å². The number of rotatable bonds is 7. The zero-order valence-corrected chi connectivity index (χ0v) is 15.7. The summed E-state index contributed by atoms with van der Waals surface area (Å²) in [4.78, 5) is 29.8. The van der Waals surface area contributed by atoms with Gasteiger partial charge in [0, 0.05) is 37.9 Å². The van der Waals surface area contributed by atoms with E-state index in [1.165, 1.54) is 10.6 Å². The first kappa shape index (κ1) is 18.7. The van der Waals surface area contributed by atoms with Crippen molar-refractivity contribution in [2.24, 2.45) is 7.05 Å². The highest BCUT2D eigenvalue weighted by molar-refractivity contribution is 9.10. The molecule has 0 radical (unpaired) electrons. The van der Waals surface area contributed by atoms with Crippen LogP contribution in [0, 0.1) is 0 Å². The molecule has 0 aromatic carbocycles. The summed E-state index contributed by atoms with van der Waals surface area (Å²) in [6.07, 6.45) is 2.93. The van der Waals surface area contributed by atoms with Crippen LogP contribution in [-0.2, 0) is 11.8 Å². The predicted molar refractivity (Wildman–Crippen MR) is 103 cm³/mol. The number of carbonyl (C=O) groups is 1. The number of carbonyl (C=O) groups excluding carboxylic acids is 1. The molecule has 0 saturated carbocycles. The predicted octanol–water partition coefficient (Wildman–Crippen LogP) is 2.02. The fourth-order valence-corrected chi connectivity index (χ4v) is 2.67. The molecule has 0 spiro atoms. The molecular formula is C17H20BrN5O2. The molecule has 2 rings (SSSR count). The van der Waals surface area contributed by atoms with Crippen LogP contribution in [-0.4, -0.2) is 35.6 Å². The topological polar surface area (TPSA) is 79.3 Å². The summed E-state index contributed by atoms with van der Waals surface area (Å²) < 4.78 is 2.29. The van der Waals surface area contributed by atoms with Gasteiger partial charge in [0.2, 0.25) is 5.91 Å². The molecule has 132 valence electrons. The van der Waals surface area contributed by atoms with E-state index in [1.807, 2.05) is 24.1 Å². The molecule has 8 heteroatoms. The van der Waals surface area contributed by atoms with Crippen molar-refractivity contribution in [1.29, 1.82) is 0 Å². The number of likely N-dealkylation sites (N-methyl/N-ethyl adjacent to an activating group) is 1. The molecule has 0 bridgehead atoms. The Labute approximate surface area is 154 Å². The van der Waals surface area contributed by atoms with Gasteiger partial charge in [0.1, 0.15) is 17.3 Å². The lowest BCUT2D eigenvalue weighted by atomic mass is 10.3. The van der Waals surface area contributed by atoms with Gasteiger partial charge >= 0.3 is 0 Å². The summed E-state index contributed by atoms with van der Waals surface area (Å²) >= 11 is 3.37. The van der Waals surface area contributed by atoms with Gasteiger partial charge in [-0.15, -0.1) is 0 Å². The van der Waals surface area contributed by atoms with E-state index in [9.17, 15) is 9.59 Å². The molecule has 0 atom stereocenters. The Kier molecular flexibility index (Phi) is 6.35. The van der Waals surface area contributed by atoms with Crippen LogP contribution in [0.15, 0.2) is 52.4 Å². The second kappa shape index (κ2) is 8.48. The van der Waals surface area contributed by atoms with Crippen LogP contribution in [0.5, 0.6) is 0 Å². The molecule has 2 aromatic rings. The zero-order chi connectivity index (χ0) is 18.4. The van der Waals surface area contributed by atoms with Gasteiger partial charge < -0.3 is 20.1 Å². The largest absolute Gasteiger partial charge is 0.358 e. The fraction of sp³-hybridized carbons (Fsp3) is 0.235. The Hall–Kier alpha value is -2.61. The number of amides is 1. The number of hydrogen-bond donors (Lipinski definition) is 2. The number of aromatic nitrogens is 2. The zero-order valence-electron chi connectivity index (χ0n) is 14.1. The molecular weight excluding hydrogens is 386 g/mol. The molecule has 0 fully saturated rings. The van der Waals surface area contributed by atoms with Crippen molar-refractivity contribution in [3.63, 3.8) is 0 Å². The third kappa shape index (κ3) is 5.18. The minimum atomic E-state index is -0.206. The van der Waals surface area contributed by atoms with E-state index in [2.05, 4.69) is 38.1 Å². The van der Waals surface area contributed by atoms with Crippen molar-refractivity contribution >= 4 is 39.2 Å². The smallest absolute Gasteiger partial charge is 0.274 e. The molecule has 0 aliphatic heterocycles. The van der Waals surface area contributed by atoms with Gasteiger partial charge in [-0.2, -0.15) is 0 Å². The van der Waals surface area contributed by atoms with E-state index in [4.69, 9.17) is 0 Å². The maximum absolute atomic E-state index is 12.2. The Morgan fingerprint density at radius 2 is 2.24 bits per heavy atom. The summed E-state index contributed by atoms with van der Waals surface area (Å²) in [5.74, 6) is 1.08. The Morgan fingerprint density at radius 3 is 2.96 bits per heavy atom. The van der Waals surface area contributed by atoms with E-state index in [0.717, 1.165) is 10.3 Å². The SMILES string of the molecule is C=CC(=O)NCCN(C)c1cccc(Nc2cc(Br)cn(C)c2=O)n1. The minimum absolute atomic E-state index is 0.143. The lowest BCUT2D eigenvalue weighted by Crippen LogP contribution is -2.32. The van der Waals surface area contributed by atoms with Crippen molar-refractivity contribution in [2.75, 3.05) is 30.4 Å². The van der Waals surface area contributed by atoms with Gasteiger partial charge in [-0.25, -0.2) is 4.98 Å². The molecule has 2 heterocycles. The van der Waals surface area contributed by atoms with E-state index >= 15 is 0 Å². The third-order valence-corrected chi connectivity index (χ3v) is 3.90. The molecule has 2 aromatic heterocycles. The van der Waals surface area contributed by atoms with Crippen LogP contribution in [0.4, 0.5) is 17.3 Å². The van der Waals surface area contributed by atoms with E-state index in [0.29, 0.717) is 24.6 Å². The fourth-order valence-electron chi connectivity index (χ4n) is 2.14. The quantitative estimate of drug-likeness (QED) is 0.688. The van der Waals surface area contributed by atoms with E-state index in [-0.39, 0.29) is 11.5 Å². The number of pyridine rings is 2. The second-order valence-corrected chi connectivity index (χ2v) is 6.33. The molecule has 0 aliphatic carbocycles. The van der Waals surface area contributed by atoms with Gasteiger partial charge in [-0.05, 0) is 40.2 Å². The summed E-state index contributed by atoms with van der Waals surface area (Å²) in [6.45, 7) is 4.48. The van der Waals surface area contributed by atoms with Gasteiger partial charge in [-0.1, -0.05) is 12.6 Å². The lowest BCUT2D eigenvalue weighted by Gasteiger charge is -2.19. The van der Waals surface area contributed by atoms with Gasteiger partial charge in [0.05, 0.1) is 0 Å². The summed E-state index contributed by atoms with van der Waals surface area (Å²) in [5.41, 5.74) is 0.290. The molecule has 2 N–H and O–H groups in total.